The van der Waals surface area contributed by atoms with E-state index in [-0.39, 0.29) is 5.78 Å². The largest absolute Gasteiger partial charge is 0.457 e. The lowest BCUT2D eigenvalue weighted by molar-refractivity contribution is 0.0950. The van der Waals surface area contributed by atoms with Gasteiger partial charge in [-0.3, -0.25) is 4.79 Å². The summed E-state index contributed by atoms with van der Waals surface area (Å²) in [7, 11) is 0. The molecule has 1 aromatic rings. The maximum atomic E-state index is 11.5. The second kappa shape index (κ2) is 5.60. The van der Waals surface area contributed by atoms with Gasteiger partial charge in [0.15, 0.2) is 11.5 Å². The minimum Gasteiger partial charge on any atom is -0.457 e. The van der Waals surface area contributed by atoms with E-state index in [9.17, 15) is 4.79 Å². The van der Waals surface area contributed by atoms with Gasteiger partial charge in [-0.25, -0.2) is 0 Å². The average Bonchev–Trinajstić information content (AvgIpc) is 2.66. The predicted octanol–water partition coefficient (Wildman–Crippen LogP) is 2.50. The van der Waals surface area contributed by atoms with Gasteiger partial charge in [0.25, 0.3) is 0 Å². The maximum absolute atomic E-state index is 11.5. The van der Waals surface area contributed by atoms with E-state index in [1.54, 1.807) is 12.1 Å². The summed E-state index contributed by atoms with van der Waals surface area (Å²) in [5, 5.41) is 0. The first-order valence-corrected chi connectivity index (χ1v) is 5.10. The van der Waals surface area contributed by atoms with E-state index in [1.807, 2.05) is 0 Å². The molecular weight excluding hydrogens is 178 g/mol. The van der Waals surface area contributed by atoms with Crippen LogP contribution in [0.1, 0.15) is 48.9 Å². The molecule has 2 N–H and O–H groups in total. The van der Waals surface area contributed by atoms with Gasteiger partial charge in [0.2, 0.25) is 0 Å². The van der Waals surface area contributed by atoms with Crippen LogP contribution < -0.4 is 5.73 Å². The molecule has 0 bridgehead atoms. The van der Waals surface area contributed by atoms with E-state index in [4.69, 9.17) is 10.2 Å². The molecule has 0 aliphatic carbocycles. The fourth-order valence-corrected chi connectivity index (χ4v) is 1.30. The summed E-state index contributed by atoms with van der Waals surface area (Å²) in [5.74, 6) is 1.20. The van der Waals surface area contributed by atoms with Crippen molar-refractivity contribution in [2.45, 2.75) is 39.2 Å². The van der Waals surface area contributed by atoms with Crippen molar-refractivity contribution < 1.29 is 9.21 Å². The van der Waals surface area contributed by atoms with Gasteiger partial charge in [-0.15, -0.1) is 0 Å². The average molecular weight is 195 g/mol. The van der Waals surface area contributed by atoms with Crippen molar-refractivity contribution in [3.05, 3.63) is 23.7 Å². The molecule has 0 aromatic carbocycles. The lowest BCUT2D eigenvalue weighted by Crippen LogP contribution is -1.97. The molecule has 0 unspecified atom stereocenters. The molecule has 3 heteroatoms. The van der Waals surface area contributed by atoms with Crippen LogP contribution in [0.5, 0.6) is 0 Å². The lowest BCUT2D eigenvalue weighted by Gasteiger charge is -1.96. The van der Waals surface area contributed by atoms with E-state index < -0.39 is 0 Å². The third-order valence-electron chi connectivity index (χ3n) is 2.15. The van der Waals surface area contributed by atoms with Crippen LogP contribution in [0.4, 0.5) is 0 Å². The minimum absolute atomic E-state index is 0.0816. The van der Waals surface area contributed by atoms with Crippen LogP contribution in [-0.4, -0.2) is 5.78 Å². The zero-order valence-electron chi connectivity index (χ0n) is 8.58. The maximum Gasteiger partial charge on any atom is 0.197 e. The molecule has 0 amide bonds. The molecule has 0 aliphatic heterocycles. The van der Waals surface area contributed by atoms with Crippen LogP contribution in [0.3, 0.4) is 0 Å². The Morgan fingerprint density at radius 1 is 1.43 bits per heavy atom. The fraction of sp³-hybridized carbons (Fsp3) is 0.545. The Labute approximate surface area is 84.3 Å². The van der Waals surface area contributed by atoms with Crippen LogP contribution in [0, 0.1) is 0 Å². The molecule has 3 nitrogen and oxygen atoms in total. The Kier molecular flexibility index (Phi) is 4.40. The van der Waals surface area contributed by atoms with Crippen LogP contribution in [0.25, 0.3) is 0 Å². The lowest BCUT2D eigenvalue weighted by atomic mass is 10.1. The quantitative estimate of drug-likeness (QED) is 0.560. The molecule has 1 aromatic heterocycles. The molecule has 1 heterocycles. The monoisotopic (exact) mass is 195 g/mol. The van der Waals surface area contributed by atoms with Crippen LogP contribution in [-0.2, 0) is 6.54 Å². The van der Waals surface area contributed by atoms with Crippen molar-refractivity contribution in [1.29, 1.82) is 0 Å². The minimum atomic E-state index is 0.0816. The molecule has 1 rings (SSSR count). The number of carbonyl (C=O) groups is 1. The third-order valence-corrected chi connectivity index (χ3v) is 2.15. The summed E-state index contributed by atoms with van der Waals surface area (Å²) in [5.41, 5.74) is 5.38. The van der Waals surface area contributed by atoms with Gasteiger partial charge in [0.1, 0.15) is 5.76 Å². The van der Waals surface area contributed by atoms with Crippen molar-refractivity contribution in [3.63, 3.8) is 0 Å². The third kappa shape index (κ3) is 3.00. The standard InChI is InChI=1S/C11H17NO2/c1-2-3-4-5-10(13)11-7-6-9(8-12)14-11/h6-7H,2-5,8,12H2,1H3. The first kappa shape index (κ1) is 11.0. The Hall–Kier alpha value is -1.09. The van der Waals surface area contributed by atoms with Crippen molar-refractivity contribution in [3.8, 4) is 0 Å². The topological polar surface area (TPSA) is 56.2 Å². The molecule has 0 saturated heterocycles. The molecule has 0 fully saturated rings. The Bertz CT molecular complexity index is 291. The van der Waals surface area contributed by atoms with Gasteiger partial charge in [-0.1, -0.05) is 19.8 Å². The predicted molar refractivity (Wildman–Crippen MR) is 55.1 cm³/mol. The molecule has 0 spiro atoms. The molecule has 78 valence electrons. The van der Waals surface area contributed by atoms with Gasteiger partial charge in [-0.05, 0) is 18.6 Å². The SMILES string of the molecule is CCCCCC(=O)c1ccc(CN)o1. The molecule has 0 aliphatic rings. The van der Waals surface area contributed by atoms with E-state index >= 15 is 0 Å². The van der Waals surface area contributed by atoms with Gasteiger partial charge < -0.3 is 10.2 Å². The van der Waals surface area contributed by atoms with Crippen molar-refractivity contribution in [2.75, 3.05) is 0 Å². The number of ketones is 1. The highest BCUT2D eigenvalue weighted by Gasteiger charge is 2.09. The van der Waals surface area contributed by atoms with Crippen LogP contribution in [0.2, 0.25) is 0 Å². The second-order valence-corrected chi connectivity index (χ2v) is 3.35. The Morgan fingerprint density at radius 3 is 2.79 bits per heavy atom. The van der Waals surface area contributed by atoms with Gasteiger partial charge in [0.05, 0.1) is 6.54 Å². The highest BCUT2D eigenvalue weighted by Crippen LogP contribution is 2.11. The highest BCUT2D eigenvalue weighted by atomic mass is 16.3. The van der Waals surface area contributed by atoms with Gasteiger partial charge >= 0.3 is 0 Å². The number of Topliss-reactive ketones (excluding diaryl/α,β-unsaturated/α-hetero) is 1. The smallest absolute Gasteiger partial charge is 0.197 e. The summed E-state index contributed by atoms with van der Waals surface area (Å²) in [4.78, 5) is 11.5. The highest BCUT2D eigenvalue weighted by molar-refractivity contribution is 5.93. The zero-order valence-corrected chi connectivity index (χ0v) is 8.58. The first-order valence-electron chi connectivity index (χ1n) is 5.10. The van der Waals surface area contributed by atoms with Crippen molar-refractivity contribution in [1.82, 2.24) is 0 Å². The zero-order chi connectivity index (χ0) is 10.4. The molecule has 0 atom stereocenters. The van der Waals surface area contributed by atoms with Crippen LogP contribution >= 0.6 is 0 Å². The molecule has 14 heavy (non-hydrogen) atoms. The molecule has 0 saturated carbocycles. The van der Waals surface area contributed by atoms with Gasteiger partial charge in [-0.2, -0.15) is 0 Å². The Balaban J connectivity index is 2.44. The van der Waals surface area contributed by atoms with E-state index in [0.29, 0.717) is 24.5 Å². The number of hydrogen-bond acceptors (Lipinski definition) is 3. The van der Waals surface area contributed by atoms with E-state index in [2.05, 4.69) is 6.92 Å². The summed E-state index contributed by atoms with van der Waals surface area (Å²) < 4.78 is 5.25. The number of carbonyl (C=O) groups excluding carboxylic acids is 1. The number of furan rings is 1. The number of nitrogens with two attached hydrogens (primary N) is 1. The van der Waals surface area contributed by atoms with E-state index in [0.717, 1.165) is 19.3 Å². The summed E-state index contributed by atoms with van der Waals surface area (Å²) in [6.07, 6.45) is 3.73. The summed E-state index contributed by atoms with van der Waals surface area (Å²) in [6.45, 7) is 2.46. The molecular formula is C11H17NO2. The number of rotatable bonds is 6. The number of unbranched alkanes of at least 4 members (excludes halogenated alkanes) is 2. The van der Waals surface area contributed by atoms with E-state index in [1.165, 1.54) is 0 Å². The number of hydrogen-bond donors (Lipinski definition) is 1. The summed E-state index contributed by atoms with van der Waals surface area (Å²) in [6, 6.07) is 3.46. The fourth-order valence-electron chi connectivity index (χ4n) is 1.30. The summed E-state index contributed by atoms with van der Waals surface area (Å²) >= 11 is 0. The van der Waals surface area contributed by atoms with Gasteiger partial charge in [0, 0.05) is 6.42 Å². The van der Waals surface area contributed by atoms with Crippen LogP contribution in [0.15, 0.2) is 16.5 Å². The van der Waals surface area contributed by atoms with Crippen molar-refractivity contribution >= 4 is 5.78 Å². The first-order chi connectivity index (χ1) is 6.77. The Morgan fingerprint density at radius 2 is 2.21 bits per heavy atom. The van der Waals surface area contributed by atoms with Crippen molar-refractivity contribution in [2.24, 2.45) is 5.73 Å². The molecule has 0 radical (unpaired) electrons. The second-order valence-electron chi connectivity index (χ2n) is 3.35. The normalized spacial score (nSPS) is 10.4.